The minimum absolute atomic E-state index is 0.0977. The van der Waals surface area contributed by atoms with Gasteiger partial charge in [-0.3, -0.25) is 9.59 Å². The molecule has 1 aromatic heterocycles. The number of carboxylic acid groups (broad SMARTS) is 1. The molecule has 50 heavy (non-hydrogen) atoms. The molecule has 2 fully saturated rings. The molecule has 1 saturated carbocycles. The molecule has 12 nitrogen and oxygen atoms in total. The Kier molecular flexibility index (Phi) is 10.1. The highest BCUT2D eigenvalue weighted by atomic mass is 16.6. The predicted molar refractivity (Wildman–Crippen MR) is 186 cm³/mol. The van der Waals surface area contributed by atoms with E-state index in [0.717, 1.165) is 36.1 Å². The number of carbonyl (C=O) groups excluding carboxylic acids is 3. The smallest absolute Gasteiger partial charge is 0.408 e. The Balaban J connectivity index is 1.34. The number of ether oxygens (including phenoxy) is 1. The van der Waals surface area contributed by atoms with Gasteiger partial charge in [-0.15, -0.1) is 0 Å². The minimum Gasteiger partial charge on any atom is -0.479 e. The predicted octanol–water partition coefficient (Wildman–Crippen LogP) is 5.05. The first-order valence-electron chi connectivity index (χ1n) is 17.5. The molecule has 264 valence electrons. The lowest BCUT2D eigenvalue weighted by Gasteiger charge is -2.30. The maximum atomic E-state index is 14.4. The van der Waals surface area contributed by atoms with Gasteiger partial charge in [-0.2, -0.15) is 15.0 Å². The normalized spacial score (nSPS) is 25.8. The summed E-state index contributed by atoms with van der Waals surface area (Å²) in [5.41, 5.74) is 1.22. The first kappa shape index (κ1) is 34.8. The van der Waals surface area contributed by atoms with E-state index in [-0.39, 0.29) is 25.3 Å². The second-order valence-corrected chi connectivity index (χ2v) is 14.6. The number of amides is 3. The number of nitrogens with zero attached hydrogens (tertiary/aromatic N) is 4. The van der Waals surface area contributed by atoms with Crippen LogP contribution in [0.15, 0.2) is 72.8 Å². The number of carboxylic acids is 1. The monoisotopic (exact) mass is 682 g/mol. The van der Waals surface area contributed by atoms with Crippen molar-refractivity contribution in [1.29, 1.82) is 0 Å². The molecule has 2 aliphatic heterocycles. The summed E-state index contributed by atoms with van der Waals surface area (Å²) in [6.45, 7) is 5.35. The molecular weight excluding hydrogens is 636 g/mol. The fourth-order valence-electron chi connectivity index (χ4n) is 6.94. The Bertz CT molecular complexity index is 1730. The fraction of sp³-hybridized carbons (Fsp3) is 0.474. The fourth-order valence-corrected chi connectivity index (χ4v) is 6.94. The third kappa shape index (κ3) is 7.90. The van der Waals surface area contributed by atoms with Crippen LogP contribution in [0.2, 0.25) is 0 Å². The Hall–Kier alpha value is -5.00. The number of alkyl carbamates (subject to hydrolysis) is 1. The van der Waals surface area contributed by atoms with Gasteiger partial charge in [0.05, 0.1) is 11.7 Å². The SMILES string of the molecule is CC(C)(C)OC(=O)N[C@@H]1CCCCCC=C[C@@H]2C[C@]2(C(=O)O)NC(=O)[C@@H]2C[C@H](n3nc(Cc4ccccc4)c(-c4ccccc4)n3)CN2C1=O. The summed E-state index contributed by atoms with van der Waals surface area (Å²) in [6, 6.07) is 17.3. The van der Waals surface area contributed by atoms with Crippen molar-refractivity contribution in [2.24, 2.45) is 5.92 Å². The zero-order chi connectivity index (χ0) is 35.5. The lowest BCUT2D eigenvalue weighted by molar-refractivity contribution is -0.145. The number of aromatic nitrogens is 3. The molecule has 3 heterocycles. The molecule has 3 amide bonds. The lowest BCUT2D eigenvalue weighted by Crippen LogP contribution is -2.56. The van der Waals surface area contributed by atoms with Gasteiger partial charge in [0.1, 0.15) is 28.9 Å². The number of hydrogen-bond acceptors (Lipinski definition) is 7. The molecule has 12 heteroatoms. The number of hydrogen-bond donors (Lipinski definition) is 3. The second kappa shape index (κ2) is 14.5. The van der Waals surface area contributed by atoms with E-state index in [1.807, 2.05) is 72.8 Å². The first-order chi connectivity index (χ1) is 23.9. The summed E-state index contributed by atoms with van der Waals surface area (Å²) in [6.07, 6.45) is 7.55. The minimum atomic E-state index is -1.43. The van der Waals surface area contributed by atoms with Crippen molar-refractivity contribution >= 4 is 23.9 Å². The number of benzene rings is 2. The molecule has 0 spiro atoms. The first-order valence-corrected chi connectivity index (χ1v) is 17.5. The van der Waals surface area contributed by atoms with E-state index in [0.29, 0.717) is 25.0 Å². The van der Waals surface area contributed by atoms with Crippen molar-refractivity contribution in [2.75, 3.05) is 6.54 Å². The van der Waals surface area contributed by atoms with E-state index >= 15 is 0 Å². The number of allylic oxidation sites excluding steroid dienone is 1. The molecule has 0 radical (unpaired) electrons. The Morgan fingerprint density at radius 3 is 2.44 bits per heavy atom. The maximum Gasteiger partial charge on any atom is 0.408 e. The van der Waals surface area contributed by atoms with Gasteiger partial charge in [-0.1, -0.05) is 85.7 Å². The van der Waals surface area contributed by atoms with Gasteiger partial charge in [0, 0.05) is 30.9 Å². The number of fused-ring (bicyclic) bond motifs is 2. The molecule has 0 unspecified atom stereocenters. The molecule has 1 saturated heterocycles. The summed E-state index contributed by atoms with van der Waals surface area (Å²) >= 11 is 0. The quantitative estimate of drug-likeness (QED) is 0.305. The average Bonchev–Trinajstić information content (AvgIpc) is 3.37. The van der Waals surface area contributed by atoms with Crippen LogP contribution in [0.25, 0.3) is 11.3 Å². The molecule has 6 rings (SSSR count). The van der Waals surface area contributed by atoms with Gasteiger partial charge in [0.15, 0.2) is 0 Å². The zero-order valence-electron chi connectivity index (χ0n) is 28.9. The molecule has 3 N–H and O–H groups in total. The van der Waals surface area contributed by atoms with Crippen LogP contribution < -0.4 is 10.6 Å². The van der Waals surface area contributed by atoms with Crippen molar-refractivity contribution in [3.63, 3.8) is 0 Å². The molecule has 3 aromatic rings. The van der Waals surface area contributed by atoms with Gasteiger partial charge in [-0.05, 0) is 52.0 Å². The highest BCUT2D eigenvalue weighted by molar-refractivity contribution is 5.96. The van der Waals surface area contributed by atoms with Gasteiger partial charge in [0.25, 0.3) is 0 Å². The lowest BCUT2D eigenvalue weighted by atomic mass is 10.0. The van der Waals surface area contributed by atoms with Crippen LogP contribution in [0, 0.1) is 5.92 Å². The van der Waals surface area contributed by atoms with Crippen LogP contribution in [-0.4, -0.2) is 78.6 Å². The van der Waals surface area contributed by atoms with Gasteiger partial charge in [0.2, 0.25) is 11.8 Å². The maximum absolute atomic E-state index is 14.4. The summed E-state index contributed by atoms with van der Waals surface area (Å²) in [4.78, 5) is 57.0. The van der Waals surface area contributed by atoms with Crippen LogP contribution >= 0.6 is 0 Å². The topological polar surface area (TPSA) is 156 Å². The highest BCUT2D eigenvalue weighted by Crippen LogP contribution is 2.45. The van der Waals surface area contributed by atoms with E-state index in [1.54, 1.807) is 25.6 Å². The molecule has 3 aliphatic rings. The number of rotatable bonds is 6. The van der Waals surface area contributed by atoms with Crippen LogP contribution in [0.5, 0.6) is 0 Å². The Morgan fingerprint density at radius 1 is 1.02 bits per heavy atom. The van der Waals surface area contributed by atoms with Crippen molar-refractivity contribution in [1.82, 2.24) is 30.5 Å². The molecule has 2 aromatic carbocycles. The number of nitrogens with one attached hydrogen (secondary N) is 2. The van der Waals surface area contributed by atoms with E-state index in [4.69, 9.17) is 14.9 Å². The van der Waals surface area contributed by atoms with Gasteiger partial charge in [-0.25, -0.2) is 9.59 Å². The second-order valence-electron chi connectivity index (χ2n) is 14.6. The largest absolute Gasteiger partial charge is 0.479 e. The third-order valence-corrected chi connectivity index (χ3v) is 9.62. The van der Waals surface area contributed by atoms with Crippen molar-refractivity contribution in [2.45, 2.75) is 101 Å². The Labute approximate surface area is 292 Å². The van der Waals surface area contributed by atoms with Gasteiger partial charge >= 0.3 is 12.1 Å². The van der Waals surface area contributed by atoms with Crippen molar-refractivity contribution in [3.05, 3.63) is 84.1 Å². The van der Waals surface area contributed by atoms with Crippen LogP contribution in [0.4, 0.5) is 4.79 Å². The van der Waals surface area contributed by atoms with Gasteiger partial charge < -0.3 is 25.4 Å². The number of aliphatic carboxylic acids is 1. The molecular formula is C38H46N6O6. The average molecular weight is 683 g/mol. The third-order valence-electron chi connectivity index (χ3n) is 9.62. The van der Waals surface area contributed by atoms with Crippen LogP contribution in [-0.2, 0) is 25.5 Å². The van der Waals surface area contributed by atoms with Crippen LogP contribution in [0.1, 0.15) is 83.0 Å². The zero-order valence-corrected chi connectivity index (χ0v) is 28.9. The van der Waals surface area contributed by atoms with Crippen molar-refractivity contribution in [3.8, 4) is 11.3 Å². The summed E-state index contributed by atoms with van der Waals surface area (Å²) in [7, 11) is 0. The van der Waals surface area contributed by atoms with E-state index in [9.17, 15) is 24.3 Å². The van der Waals surface area contributed by atoms with Crippen molar-refractivity contribution < 1.29 is 29.0 Å². The van der Waals surface area contributed by atoms with E-state index < -0.39 is 53.1 Å². The Morgan fingerprint density at radius 2 is 1.74 bits per heavy atom. The summed E-state index contributed by atoms with van der Waals surface area (Å²) in [5, 5.41) is 25.7. The highest BCUT2D eigenvalue weighted by Gasteiger charge is 2.61. The van der Waals surface area contributed by atoms with E-state index in [2.05, 4.69) is 10.6 Å². The van der Waals surface area contributed by atoms with Crippen LogP contribution in [0.3, 0.4) is 0 Å². The number of carbonyl (C=O) groups is 4. The summed E-state index contributed by atoms with van der Waals surface area (Å²) in [5.74, 6) is -2.42. The standard InChI is InChI=1S/C38H46N6O6/c1-37(2,3)50-36(49)39-29-20-14-6-4-5-13-19-27-23-38(27,35(47)48)40-33(45)31-22-28(24-43(31)34(29)46)44-41-30(21-25-15-9-7-10-16-25)32(42-44)26-17-11-8-12-18-26/h7-13,15-19,27-29,31H,4-6,14,20-24H2,1-3H3,(H,39,49)(H,40,45)(H,47,48)/t27-,28+,29-,31+,38+/m1/s1. The summed E-state index contributed by atoms with van der Waals surface area (Å²) < 4.78 is 5.50. The molecule has 5 atom stereocenters. The molecule has 0 bridgehead atoms. The van der Waals surface area contributed by atoms with E-state index in [1.165, 1.54) is 4.90 Å². The molecule has 1 aliphatic carbocycles.